The van der Waals surface area contributed by atoms with Crippen LogP contribution in [0.2, 0.25) is 0 Å². The summed E-state index contributed by atoms with van der Waals surface area (Å²) in [6.07, 6.45) is -3.34. The van der Waals surface area contributed by atoms with Crippen LogP contribution in [0, 0.1) is 18.3 Å². The molecular formula is C28H28F3N7O4S. The summed E-state index contributed by atoms with van der Waals surface area (Å²) in [5, 5.41) is 13.6. The molecule has 0 spiro atoms. The van der Waals surface area contributed by atoms with Crippen molar-refractivity contribution in [3.8, 4) is 23.2 Å². The molecule has 1 aliphatic rings. The average Bonchev–Trinajstić information content (AvgIpc) is 3.25. The summed E-state index contributed by atoms with van der Waals surface area (Å²) in [7, 11) is -4.09. The Morgan fingerprint density at radius 3 is 2.58 bits per heavy atom. The zero-order valence-electron chi connectivity index (χ0n) is 23.5. The van der Waals surface area contributed by atoms with Gasteiger partial charge in [-0.15, -0.1) is 5.10 Å². The fourth-order valence-electron chi connectivity index (χ4n) is 5.00. The Labute approximate surface area is 245 Å². The number of halogens is 3. The van der Waals surface area contributed by atoms with Gasteiger partial charge in [-0.3, -0.25) is 4.79 Å². The Morgan fingerprint density at radius 1 is 1.19 bits per heavy atom. The van der Waals surface area contributed by atoms with Crippen LogP contribution in [0.4, 0.5) is 18.9 Å². The molecule has 0 bridgehead atoms. The molecular weight excluding hydrogens is 587 g/mol. The van der Waals surface area contributed by atoms with E-state index in [9.17, 15) is 26.4 Å². The first-order valence-corrected chi connectivity index (χ1v) is 15.0. The molecule has 4 aromatic rings. The number of anilines is 1. The van der Waals surface area contributed by atoms with E-state index in [1.54, 1.807) is 24.8 Å². The summed E-state index contributed by atoms with van der Waals surface area (Å²) in [6.45, 7) is 5.98. The summed E-state index contributed by atoms with van der Waals surface area (Å²) in [6, 6.07) is 8.55. The molecule has 2 N–H and O–H groups in total. The first-order valence-electron chi connectivity index (χ1n) is 13.5. The van der Waals surface area contributed by atoms with Crippen LogP contribution in [0.25, 0.3) is 16.9 Å². The van der Waals surface area contributed by atoms with Gasteiger partial charge in [0.05, 0.1) is 46.0 Å². The fraction of sp³-hybridized carbons (Fsp3) is 0.357. The molecule has 1 fully saturated rings. The molecule has 2 aromatic heterocycles. The molecule has 11 nitrogen and oxygen atoms in total. The number of sulfonamides is 1. The number of fused-ring (bicyclic) bond motifs is 1. The standard InChI is InChI=1S/C28H28F3N7O4S/c1-4-6-24-33-16(3)25-27(39)34-26(35-38(24)25)21-12-20(9-10-23(21)42-5-2)43(40,41)36-18-14-37(15-18)19-8-7-17(13-32)22(11-19)28(29,30)31/h7-12,18,36H,4-6,14-15H2,1-3H3,(H,34,35,39). The molecule has 5 rings (SSSR count). The van der Waals surface area contributed by atoms with Crippen molar-refractivity contribution >= 4 is 21.2 Å². The normalized spacial score (nSPS) is 14.1. The molecule has 0 atom stereocenters. The fourth-order valence-corrected chi connectivity index (χ4v) is 6.24. The first kappa shape index (κ1) is 30.1. The molecule has 0 unspecified atom stereocenters. The van der Waals surface area contributed by atoms with Gasteiger partial charge >= 0.3 is 6.18 Å². The SMILES string of the molecule is CCCc1nc(C)c2c(=O)[nH]c(-c3cc(S(=O)(=O)NC4CN(c5ccc(C#N)c(C(F)(F)F)c5)C4)ccc3OCC)nn12. The minimum atomic E-state index is -4.70. The molecule has 2 aromatic carbocycles. The van der Waals surface area contributed by atoms with Gasteiger partial charge < -0.3 is 14.6 Å². The highest BCUT2D eigenvalue weighted by atomic mass is 32.2. The van der Waals surface area contributed by atoms with Crippen molar-refractivity contribution in [2.75, 3.05) is 24.6 Å². The molecule has 15 heteroatoms. The summed E-state index contributed by atoms with van der Waals surface area (Å²) < 4.78 is 76.6. The van der Waals surface area contributed by atoms with Gasteiger partial charge in [-0.1, -0.05) is 6.92 Å². The monoisotopic (exact) mass is 615 g/mol. The number of nitrogens with one attached hydrogen (secondary N) is 2. The number of aromatic amines is 1. The number of imidazole rings is 1. The lowest BCUT2D eigenvalue weighted by Crippen LogP contribution is -2.59. The zero-order valence-corrected chi connectivity index (χ0v) is 24.3. The molecule has 43 heavy (non-hydrogen) atoms. The number of rotatable bonds is 9. The number of ether oxygens (including phenoxy) is 1. The van der Waals surface area contributed by atoms with Crippen molar-refractivity contribution < 1.29 is 26.3 Å². The number of aromatic nitrogens is 4. The maximum atomic E-state index is 13.4. The number of aryl methyl sites for hydroxylation is 2. The summed E-state index contributed by atoms with van der Waals surface area (Å²) >= 11 is 0. The Bertz CT molecular complexity index is 1910. The number of hydrogen-bond donors (Lipinski definition) is 2. The van der Waals surface area contributed by atoms with E-state index in [0.717, 1.165) is 18.6 Å². The summed E-state index contributed by atoms with van der Waals surface area (Å²) in [5.41, 5.74) is -0.653. The molecule has 1 saturated heterocycles. The second-order valence-corrected chi connectivity index (χ2v) is 11.8. The molecule has 226 valence electrons. The van der Waals surface area contributed by atoms with Crippen molar-refractivity contribution in [3.05, 3.63) is 69.4 Å². The zero-order chi connectivity index (χ0) is 31.1. The Balaban J connectivity index is 1.42. The van der Waals surface area contributed by atoms with E-state index in [4.69, 9.17) is 10.00 Å². The third-order valence-corrected chi connectivity index (χ3v) is 8.55. The Kier molecular flexibility index (Phi) is 7.93. The summed E-state index contributed by atoms with van der Waals surface area (Å²) in [5.74, 6) is 1.02. The highest BCUT2D eigenvalue weighted by Gasteiger charge is 2.36. The van der Waals surface area contributed by atoms with Gasteiger partial charge in [0, 0.05) is 25.2 Å². The molecule has 0 amide bonds. The molecule has 0 radical (unpaired) electrons. The van der Waals surface area contributed by atoms with E-state index in [1.807, 2.05) is 6.92 Å². The van der Waals surface area contributed by atoms with Crippen LogP contribution in [-0.2, 0) is 22.6 Å². The second-order valence-electron chi connectivity index (χ2n) is 10.1. The number of H-pyrrole nitrogens is 1. The minimum Gasteiger partial charge on any atom is -0.493 e. The van der Waals surface area contributed by atoms with Crippen molar-refractivity contribution in [1.82, 2.24) is 24.3 Å². The average molecular weight is 616 g/mol. The Morgan fingerprint density at radius 2 is 1.93 bits per heavy atom. The van der Waals surface area contributed by atoms with Gasteiger partial charge in [0.2, 0.25) is 10.0 Å². The number of benzene rings is 2. The van der Waals surface area contributed by atoms with Crippen LogP contribution in [0.3, 0.4) is 0 Å². The van der Waals surface area contributed by atoms with Crippen molar-refractivity contribution in [2.24, 2.45) is 0 Å². The lowest BCUT2D eigenvalue weighted by atomic mass is 10.0. The predicted molar refractivity (Wildman–Crippen MR) is 151 cm³/mol. The van der Waals surface area contributed by atoms with Crippen LogP contribution in [0.1, 0.15) is 42.9 Å². The van der Waals surface area contributed by atoms with E-state index in [2.05, 4.69) is 19.8 Å². The van der Waals surface area contributed by atoms with Crippen LogP contribution in [0.15, 0.2) is 46.1 Å². The highest BCUT2D eigenvalue weighted by Crippen LogP contribution is 2.36. The molecule has 3 heterocycles. The third-order valence-electron chi connectivity index (χ3n) is 7.03. The number of nitriles is 1. The van der Waals surface area contributed by atoms with Gasteiger partial charge in [-0.05, 0) is 56.7 Å². The van der Waals surface area contributed by atoms with Gasteiger partial charge in [0.1, 0.15) is 11.6 Å². The smallest absolute Gasteiger partial charge is 0.417 e. The largest absolute Gasteiger partial charge is 0.493 e. The van der Waals surface area contributed by atoms with Gasteiger partial charge in [-0.25, -0.2) is 22.6 Å². The van der Waals surface area contributed by atoms with Crippen molar-refractivity contribution in [2.45, 2.75) is 50.7 Å². The first-order chi connectivity index (χ1) is 20.4. The van der Waals surface area contributed by atoms with Crippen LogP contribution in [0.5, 0.6) is 5.75 Å². The van der Waals surface area contributed by atoms with Crippen molar-refractivity contribution in [1.29, 1.82) is 5.26 Å². The number of alkyl halides is 3. The second kappa shape index (κ2) is 11.3. The topological polar surface area (TPSA) is 145 Å². The van der Waals surface area contributed by atoms with Gasteiger partial charge in [0.15, 0.2) is 11.3 Å². The van der Waals surface area contributed by atoms with Gasteiger partial charge in [-0.2, -0.15) is 18.4 Å². The van der Waals surface area contributed by atoms with Crippen LogP contribution < -0.4 is 19.9 Å². The van der Waals surface area contributed by atoms with E-state index >= 15 is 0 Å². The van der Waals surface area contributed by atoms with Gasteiger partial charge in [0.25, 0.3) is 5.56 Å². The number of hydrogen-bond acceptors (Lipinski definition) is 8. The van der Waals surface area contributed by atoms with Crippen LogP contribution >= 0.6 is 0 Å². The van der Waals surface area contributed by atoms with E-state index in [0.29, 0.717) is 29.2 Å². The van der Waals surface area contributed by atoms with E-state index in [-0.39, 0.29) is 41.7 Å². The number of nitrogens with zero attached hydrogens (tertiary/aromatic N) is 5. The maximum Gasteiger partial charge on any atom is 0.417 e. The minimum absolute atomic E-state index is 0.101. The summed E-state index contributed by atoms with van der Waals surface area (Å²) in [4.78, 5) is 21.7. The van der Waals surface area contributed by atoms with E-state index < -0.39 is 38.9 Å². The Hall–Kier alpha value is -4.42. The predicted octanol–water partition coefficient (Wildman–Crippen LogP) is 3.80. The van der Waals surface area contributed by atoms with E-state index in [1.165, 1.54) is 28.8 Å². The quantitative estimate of drug-likeness (QED) is 0.289. The highest BCUT2D eigenvalue weighted by molar-refractivity contribution is 7.89. The third kappa shape index (κ3) is 5.80. The molecule has 0 aliphatic carbocycles. The van der Waals surface area contributed by atoms with Crippen molar-refractivity contribution in [3.63, 3.8) is 0 Å². The molecule has 1 aliphatic heterocycles. The lowest BCUT2D eigenvalue weighted by Gasteiger charge is -2.41. The maximum absolute atomic E-state index is 13.4. The lowest BCUT2D eigenvalue weighted by molar-refractivity contribution is -0.137. The van der Waals surface area contributed by atoms with Crippen LogP contribution in [-0.4, -0.2) is 53.7 Å². The molecule has 0 saturated carbocycles.